The molecular formula is C17H15NO3. The van der Waals surface area contributed by atoms with Gasteiger partial charge in [-0.3, -0.25) is 14.4 Å². The third-order valence-corrected chi connectivity index (χ3v) is 2.97. The molecule has 4 nitrogen and oxygen atoms in total. The fraction of sp³-hybridized carbons (Fsp3) is 0.118. The smallest absolute Gasteiger partial charge is 0.288 e. The van der Waals surface area contributed by atoms with Crippen LogP contribution in [0.25, 0.3) is 0 Å². The average Bonchev–Trinajstić information content (AvgIpc) is 2.54. The number of carbonyl (C=O) groups excluding carboxylic acids is 3. The lowest BCUT2D eigenvalue weighted by atomic mass is 10.1. The first-order valence-electron chi connectivity index (χ1n) is 6.60. The van der Waals surface area contributed by atoms with Crippen molar-refractivity contribution in [3.8, 4) is 0 Å². The topological polar surface area (TPSA) is 63.2 Å². The van der Waals surface area contributed by atoms with E-state index in [9.17, 15) is 14.4 Å². The summed E-state index contributed by atoms with van der Waals surface area (Å²) in [5.74, 6) is -1.81. The molecule has 2 rings (SSSR count). The lowest BCUT2D eigenvalue weighted by molar-refractivity contribution is -0.137. The summed E-state index contributed by atoms with van der Waals surface area (Å²) in [7, 11) is 0. The summed E-state index contributed by atoms with van der Waals surface area (Å²) in [6, 6.07) is 17.7. The summed E-state index contributed by atoms with van der Waals surface area (Å²) in [5, 5.41) is 2.51. The van der Waals surface area contributed by atoms with Crippen molar-refractivity contribution in [2.75, 3.05) is 0 Å². The predicted octanol–water partition coefficient (Wildman–Crippen LogP) is 2.14. The van der Waals surface area contributed by atoms with Crippen LogP contribution in [0.15, 0.2) is 60.7 Å². The Morgan fingerprint density at radius 3 is 2.00 bits per heavy atom. The Hall–Kier alpha value is -2.75. The zero-order valence-electron chi connectivity index (χ0n) is 11.4. The number of hydrogen-bond donors (Lipinski definition) is 1. The standard InChI is InChI=1S/C17H15NO3/c19-15(14-9-5-2-6-10-14)11-16(20)17(21)18-12-13-7-3-1-4-8-13/h1-10H,11-12H2,(H,18,21). The van der Waals surface area contributed by atoms with E-state index in [-0.39, 0.29) is 12.3 Å². The first kappa shape index (κ1) is 14.7. The van der Waals surface area contributed by atoms with Crippen molar-refractivity contribution >= 4 is 17.5 Å². The molecule has 0 aliphatic rings. The first-order chi connectivity index (χ1) is 10.2. The number of amides is 1. The van der Waals surface area contributed by atoms with Crippen molar-refractivity contribution in [3.63, 3.8) is 0 Å². The molecule has 0 unspecified atom stereocenters. The van der Waals surface area contributed by atoms with E-state index < -0.39 is 18.1 Å². The highest BCUT2D eigenvalue weighted by Crippen LogP contribution is 2.04. The van der Waals surface area contributed by atoms with Gasteiger partial charge in [-0.2, -0.15) is 0 Å². The van der Waals surface area contributed by atoms with Gasteiger partial charge >= 0.3 is 0 Å². The van der Waals surface area contributed by atoms with E-state index in [1.54, 1.807) is 30.3 Å². The maximum Gasteiger partial charge on any atom is 0.288 e. The van der Waals surface area contributed by atoms with Gasteiger partial charge in [0, 0.05) is 12.1 Å². The van der Waals surface area contributed by atoms with Crippen molar-refractivity contribution in [1.29, 1.82) is 0 Å². The van der Waals surface area contributed by atoms with E-state index >= 15 is 0 Å². The molecule has 0 atom stereocenters. The number of ketones is 2. The maximum atomic E-state index is 11.8. The molecule has 2 aromatic rings. The summed E-state index contributed by atoms with van der Waals surface area (Å²) in [6.07, 6.45) is -0.412. The fourth-order valence-corrected chi connectivity index (χ4v) is 1.83. The Morgan fingerprint density at radius 2 is 1.38 bits per heavy atom. The number of hydrogen-bond acceptors (Lipinski definition) is 3. The zero-order valence-corrected chi connectivity index (χ0v) is 11.4. The number of benzene rings is 2. The van der Waals surface area contributed by atoms with Crippen LogP contribution >= 0.6 is 0 Å². The second-order valence-corrected chi connectivity index (χ2v) is 4.56. The van der Waals surface area contributed by atoms with Gasteiger partial charge in [-0.25, -0.2) is 0 Å². The quantitative estimate of drug-likeness (QED) is 0.501. The molecule has 0 radical (unpaired) electrons. The molecule has 21 heavy (non-hydrogen) atoms. The number of carbonyl (C=O) groups is 3. The van der Waals surface area contributed by atoms with Crippen LogP contribution in [0.3, 0.4) is 0 Å². The largest absolute Gasteiger partial charge is 0.345 e. The van der Waals surface area contributed by atoms with Crippen LogP contribution in [-0.4, -0.2) is 17.5 Å². The third kappa shape index (κ3) is 4.38. The summed E-state index contributed by atoms with van der Waals surface area (Å²) in [6.45, 7) is 0.269. The minimum atomic E-state index is -0.733. The van der Waals surface area contributed by atoms with E-state index in [1.165, 1.54) is 0 Å². The van der Waals surface area contributed by atoms with Crippen molar-refractivity contribution in [2.45, 2.75) is 13.0 Å². The lowest BCUT2D eigenvalue weighted by Crippen LogP contribution is -2.31. The number of rotatable bonds is 6. The van der Waals surface area contributed by atoms with Crippen LogP contribution in [0, 0.1) is 0 Å². The highest BCUT2D eigenvalue weighted by atomic mass is 16.2. The highest BCUT2D eigenvalue weighted by molar-refractivity contribution is 6.40. The van der Waals surface area contributed by atoms with E-state index in [1.807, 2.05) is 30.3 Å². The van der Waals surface area contributed by atoms with Gasteiger partial charge < -0.3 is 5.32 Å². The van der Waals surface area contributed by atoms with Gasteiger partial charge in [0.1, 0.15) is 0 Å². The highest BCUT2D eigenvalue weighted by Gasteiger charge is 2.18. The Balaban J connectivity index is 1.86. The maximum absolute atomic E-state index is 11.8. The van der Waals surface area contributed by atoms with Gasteiger partial charge in [0.25, 0.3) is 5.91 Å². The molecule has 0 fully saturated rings. The SMILES string of the molecule is O=C(CC(=O)c1ccccc1)C(=O)NCc1ccccc1. The van der Waals surface area contributed by atoms with E-state index in [0.29, 0.717) is 5.56 Å². The summed E-state index contributed by atoms with van der Waals surface area (Å²) >= 11 is 0. The van der Waals surface area contributed by atoms with Crippen molar-refractivity contribution in [2.24, 2.45) is 0 Å². The normalized spacial score (nSPS) is 9.90. The van der Waals surface area contributed by atoms with Gasteiger partial charge in [-0.1, -0.05) is 60.7 Å². The minimum Gasteiger partial charge on any atom is -0.345 e. The second-order valence-electron chi connectivity index (χ2n) is 4.56. The van der Waals surface area contributed by atoms with Gasteiger partial charge in [-0.05, 0) is 5.56 Å². The Labute approximate surface area is 122 Å². The molecule has 0 aromatic heterocycles. The Morgan fingerprint density at radius 1 is 0.810 bits per heavy atom. The molecule has 0 aliphatic carbocycles. The van der Waals surface area contributed by atoms with Crippen LogP contribution in [-0.2, 0) is 16.1 Å². The van der Waals surface area contributed by atoms with Crippen LogP contribution in [0.5, 0.6) is 0 Å². The average molecular weight is 281 g/mol. The fourth-order valence-electron chi connectivity index (χ4n) is 1.83. The molecule has 4 heteroatoms. The van der Waals surface area contributed by atoms with Crippen LogP contribution < -0.4 is 5.32 Å². The van der Waals surface area contributed by atoms with Gasteiger partial charge in [-0.15, -0.1) is 0 Å². The van der Waals surface area contributed by atoms with Crippen molar-refractivity contribution in [1.82, 2.24) is 5.32 Å². The summed E-state index contributed by atoms with van der Waals surface area (Å²) in [4.78, 5) is 35.2. The molecular weight excluding hydrogens is 266 g/mol. The molecule has 0 heterocycles. The Kier molecular flexibility index (Phi) is 4.99. The van der Waals surface area contributed by atoms with Crippen LogP contribution in [0.2, 0.25) is 0 Å². The van der Waals surface area contributed by atoms with Gasteiger partial charge in [0.05, 0.1) is 6.42 Å². The third-order valence-electron chi connectivity index (χ3n) is 2.97. The summed E-state index contributed by atoms with van der Waals surface area (Å²) < 4.78 is 0. The molecule has 0 aliphatic heterocycles. The molecule has 0 saturated heterocycles. The van der Waals surface area contributed by atoms with E-state index in [4.69, 9.17) is 0 Å². The van der Waals surface area contributed by atoms with E-state index in [0.717, 1.165) is 5.56 Å². The number of Topliss-reactive ketones (excluding diaryl/α,β-unsaturated/α-hetero) is 2. The lowest BCUT2D eigenvalue weighted by Gasteiger charge is -2.04. The van der Waals surface area contributed by atoms with Gasteiger partial charge in [0.2, 0.25) is 5.78 Å². The predicted molar refractivity (Wildman–Crippen MR) is 78.7 cm³/mol. The minimum absolute atomic E-state index is 0.269. The van der Waals surface area contributed by atoms with E-state index in [2.05, 4.69) is 5.32 Å². The number of nitrogens with one attached hydrogen (secondary N) is 1. The first-order valence-corrected chi connectivity index (χ1v) is 6.60. The summed E-state index contributed by atoms with van der Waals surface area (Å²) in [5.41, 5.74) is 1.33. The van der Waals surface area contributed by atoms with Crippen LogP contribution in [0.4, 0.5) is 0 Å². The van der Waals surface area contributed by atoms with Crippen molar-refractivity contribution < 1.29 is 14.4 Å². The molecule has 2 aromatic carbocycles. The molecule has 0 saturated carbocycles. The molecule has 0 bridgehead atoms. The van der Waals surface area contributed by atoms with Crippen molar-refractivity contribution in [3.05, 3.63) is 71.8 Å². The molecule has 106 valence electrons. The Bertz CT molecular complexity index is 636. The molecule has 1 N–H and O–H groups in total. The second kappa shape index (κ2) is 7.14. The molecule has 1 amide bonds. The van der Waals surface area contributed by atoms with Gasteiger partial charge in [0.15, 0.2) is 5.78 Å². The van der Waals surface area contributed by atoms with Crippen LogP contribution in [0.1, 0.15) is 22.3 Å². The molecule has 0 spiro atoms. The zero-order chi connectivity index (χ0) is 15.1. The monoisotopic (exact) mass is 281 g/mol.